The summed E-state index contributed by atoms with van der Waals surface area (Å²) in [7, 11) is 0. The molecule has 0 radical (unpaired) electrons. The van der Waals surface area contributed by atoms with E-state index < -0.39 is 12.0 Å². The number of carbonyl (C=O) groups excluding carboxylic acids is 1. The van der Waals surface area contributed by atoms with E-state index in [1.165, 1.54) is 6.34 Å². The zero-order valence-electron chi connectivity index (χ0n) is 22.1. The number of H-pyrrole nitrogens is 1. The molecule has 206 valence electrons. The largest absolute Gasteiger partial charge is 0.458 e. The fourth-order valence-corrected chi connectivity index (χ4v) is 4.81. The Hall–Kier alpha value is -4.22. The lowest BCUT2D eigenvalue weighted by molar-refractivity contribution is -0.146. The number of aryl methyl sites for hydroxylation is 1. The summed E-state index contributed by atoms with van der Waals surface area (Å²) in [5.41, 5.74) is 10.7. The molecular formula is C28H30ClN9O2. The minimum atomic E-state index is -0.815. The molecule has 0 fully saturated rings. The first kappa shape index (κ1) is 27.4. The van der Waals surface area contributed by atoms with Crippen molar-refractivity contribution < 1.29 is 9.53 Å². The van der Waals surface area contributed by atoms with Crippen molar-refractivity contribution in [2.45, 2.75) is 57.8 Å². The molecule has 0 spiro atoms. The van der Waals surface area contributed by atoms with E-state index in [2.05, 4.69) is 66.8 Å². The molecule has 0 saturated carbocycles. The van der Waals surface area contributed by atoms with Crippen LogP contribution < -0.4 is 5.73 Å². The summed E-state index contributed by atoms with van der Waals surface area (Å²) in [6.07, 6.45) is 6.19. The summed E-state index contributed by atoms with van der Waals surface area (Å²) in [6.45, 7) is 2.63. The number of aliphatic imine (C=N–C) groups is 2. The number of unbranched alkanes of at least 4 members (excludes halogenated alkanes) is 1. The van der Waals surface area contributed by atoms with Gasteiger partial charge in [-0.2, -0.15) is 5.21 Å². The van der Waals surface area contributed by atoms with Gasteiger partial charge in [0, 0.05) is 31.2 Å². The van der Waals surface area contributed by atoms with Crippen molar-refractivity contribution in [1.82, 2.24) is 30.2 Å². The number of ether oxygens (including phenoxy) is 1. The SMILES string of the molecule is CCCCc1nc(Cl)c(COC(=O)[C@H](N)CC2C=NC=N2)n1Cc1ccc(-c2ccccc2-c2nn[nH]n2)cc1. The Balaban J connectivity index is 1.34. The van der Waals surface area contributed by atoms with Crippen molar-refractivity contribution in [2.75, 3.05) is 0 Å². The normalized spacial score (nSPS) is 15.0. The van der Waals surface area contributed by atoms with Gasteiger partial charge in [0.05, 0.1) is 11.7 Å². The second-order valence-corrected chi connectivity index (χ2v) is 9.87. The summed E-state index contributed by atoms with van der Waals surface area (Å²) in [4.78, 5) is 25.3. The van der Waals surface area contributed by atoms with Gasteiger partial charge in [-0.3, -0.25) is 9.79 Å². The lowest BCUT2D eigenvalue weighted by atomic mass is 9.98. The summed E-state index contributed by atoms with van der Waals surface area (Å²) >= 11 is 6.56. The molecule has 3 N–H and O–H groups in total. The highest BCUT2D eigenvalue weighted by Gasteiger charge is 2.23. The van der Waals surface area contributed by atoms with E-state index in [9.17, 15) is 4.79 Å². The lowest BCUT2D eigenvalue weighted by Gasteiger charge is -2.16. The highest BCUT2D eigenvalue weighted by molar-refractivity contribution is 6.30. The molecule has 0 aliphatic carbocycles. The number of nitrogens with zero attached hydrogens (tertiary/aromatic N) is 7. The van der Waals surface area contributed by atoms with Crippen molar-refractivity contribution in [3.05, 3.63) is 70.8 Å². The summed E-state index contributed by atoms with van der Waals surface area (Å²) in [5, 5.41) is 14.8. The molecule has 1 unspecified atom stereocenters. The van der Waals surface area contributed by atoms with Crippen LogP contribution in [-0.4, -0.2) is 60.8 Å². The number of hydrogen-bond donors (Lipinski definition) is 2. The van der Waals surface area contributed by atoms with Gasteiger partial charge in [-0.15, -0.1) is 10.2 Å². The van der Waals surface area contributed by atoms with Crippen LogP contribution >= 0.6 is 11.6 Å². The van der Waals surface area contributed by atoms with Gasteiger partial charge in [0.1, 0.15) is 24.8 Å². The highest BCUT2D eigenvalue weighted by Crippen LogP contribution is 2.30. The molecule has 5 rings (SSSR count). The number of hydrogen-bond acceptors (Lipinski definition) is 9. The molecule has 40 heavy (non-hydrogen) atoms. The van der Waals surface area contributed by atoms with Crippen LogP contribution in [0.4, 0.5) is 0 Å². The first-order valence-electron chi connectivity index (χ1n) is 13.2. The maximum absolute atomic E-state index is 12.6. The van der Waals surface area contributed by atoms with Crippen molar-refractivity contribution in [3.63, 3.8) is 0 Å². The Morgan fingerprint density at radius 3 is 2.67 bits per heavy atom. The predicted molar refractivity (Wildman–Crippen MR) is 153 cm³/mol. The molecule has 11 nitrogen and oxygen atoms in total. The number of esters is 1. The number of carbonyl (C=O) groups is 1. The standard InChI is InChI=1S/C28H30ClN9O2/c1-2-3-8-25-33-26(29)24(16-40-28(39)23(30)13-20-14-31-17-32-20)38(25)15-18-9-11-19(12-10-18)21-6-4-5-7-22(21)27-34-36-37-35-27/h4-7,9-12,14,17,20,23H,2-3,8,13,15-16,30H2,1H3,(H,34,35,36,37)/t20?,23-/m1/s1. The van der Waals surface area contributed by atoms with Crippen LogP contribution in [0.2, 0.25) is 5.15 Å². The van der Waals surface area contributed by atoms with Crippen molar-refractivity contribution >= 4 is 30.1 Å². The van der Waals surface area contributed by atoms with Crippen LogP contribution in [0.1, 0.15) is 43.3 Å². The number of benzene rings is 2. The molecular weight excluding hydrogens is 530 g/mol. The Morgan fingerprint density at radius 1 is 1.18 bits per heavy atom. The summed E-state index contributed by atoms with van der Waals surface area (Å²) in [5.74, 6) is 0.876. The number of imidazole rings is 1. The van der Waals surface area contributed by atoms with Gasteiger partial charge in [0.15, 0.2) is 5.15 Å². The maximum Gasteiger partial charge on any atom is 0.323 e. The number of rotatable bonds is 12. The molecule has 12 heteroatoms. The van der Waals surface area contributed by atoms with E-state index >= 15 is 0 Å². The quantitative estimate of drug-likeness (QED) is 0.249. The average Bonchev–Trinajstić information content (AvgIpc) is 3.74. The number of aromatic amines is 1. The second kappa shape index (κ2) is 12.8. The monoisotopic (exact) mass is 559 g/mol. The Morgan fingerprint density at radius 2 is 1.98 bits per heavy atom. The van der Waals surface area contributed by atoms with E-state index in [0.29, 0.717) is 29.6 Å². The van der Waals surface area contributed by atoms with Gasteiger partial charge in [0.25, 0.3) is 0 Å². The zero-order valence-corrected chi connectivity index (χ0v) is 22.8. The third-order valence-electron chi connectivity index (χ3n) is 6.71. The van der Waals surface area contributed by atoms with Crippen LogP contribution in [0.25, 0.3) is 22.5 Å². The van der Waals surface area contributed by atoms with Gasteiger partial charge in [-0.25, -0.2) is 9.98 Å². The summed E-state index contributed by atoms with van der Waals surface area (Å²) < 4.78 is 7.61. The maximum atomic E-state index is 12.6. The van der Waals surface area contributed by atoms with Crippen molar-refractivity contribution in [3.8, 4) is 22.5 Å². The molecule has 1 aliphatic heterocycles. The number of tetrazole rings is 1. The fourth-order valence-electron chi connectivity index (χ4n) is 4.56. The molecule has 0 amide bonds. The van der Waals surface area contributed by atoms with Crippen molar-refractivity contribution in [1.29, 1.82) is 0 Å². The first-order valence-corrected chi connectivity index (χ1v) is 13.5. The molecule has 2 atom stereocenters. The van der Waals surface area contributed by atoms with Crippen LogP contribution in [0.3, 0.4) is 0 Å². The van der Waals surface area contributed by atoms with Gasteiger partial charge >= 0.3 is 5.97 Å². The van der Waals surface area contributed by atoms with Crippen LogP contribution in [0.15, 0.2) is 58.5 Å². The molecule has 0 saturated heterocycles. The summed E-state index contributed by atoms with van der Waals surface area (Å²) in [6, 6.07) is 15.2. The first-order chi connectivity index (χ1) is 19.5. The Labute approximate surface area is 236 Å². The number of nitrogens with one attached hydrogen (secondary N) is 1. The molecule has 2 aromatic carbocycles. The molecule has 2 aromatic heterocycles. The van der Waals surface area contributed by atoms with E-state index in [0.717, 1.165) is 47.3 Å². The molecule has 1 aliphatic rings. The highest BCUT2D eigenvalue weighted by atomic mass is 35.5. The number of halogens is 1. The predicted octanol–water partition coefficient (Wildman–Crippen LogP) is 4.02. The van der Waals surface area contributed by atoms with Gasteiger partial charge in [-0.05, 0) is 28.3 Å². The topological polar surface area (TPSA) is 149 Å². The minimum Gasteiger partial charge on any atom is -0.458 e. The molecule has 0 bridgehead atoms. The fraction of sp³-hybridized carbons (Fsp3) is 0.321. The lowest BCUT2D eigenvalue weighted by Crippen LogP contribution is -2.35. The average molecular weight is 560 g/mol. The zero-order chi connectivity index (χ0) is 27.9. The third-order valence-corrected chi connectivity index (χ3v) is 7.01. The third kappa shape index (κ3) is 6.32. The second-order valence-electron chi connectivity index (χ2n) is 9.51. The van der Waals surface area contributed by atoms with Gasteiger partial charge < -0.3 is 15.0 Å². The van der Waals surface area contributed by atoms with Crippen LogP contribution in [0, 0.1) is 0 Å². The number of nitrogens with two attached hydrogens (primary N) is 1. The van der Waals surface area contributed by atoms with Gasteiger partial charge in [0.2, 0.25) is 5.82 Å². The van der Waals surface area contributed by atoms with Crippen LogP contribution in [-0.2, 0) is 29.1 Å². The van der Waals surface area contributed by atoms with Crippen molar-refractivity contribution in [2.24, 2.45) is 15.7 Å². The number of aromatic nitrogens is 6. The van der Waals surface area contributed by atoms with E-state index in [-0.39, 0.29) is 12.6 Å². The molecule has 4 aromatic rings. The smallest absolute Gasteiger partial charge is 0.323 e. The Kier molecular flexibility index (Phi) is 8.72. The van der Waals surface area contributed by atoms with Gasteiger partial charge in [-0.1, -0.05) is 73.5 Å². The van der Waals surface area contributed by atoms with E-state index in [1.807, 2.05) is 28.8 Å². The van der Waals surface area contributed by atoms with E-state index in [4.69, 9.17) is 22.1 Å². The molecule has 3 heterocycles. The van der Waals surface area contributed by atoms with E-state index in [1.54, 1.807) is 6.21 Å². The van der Waals surface area contributed by atoms with Crippen LogP contribution in [0.5, 0.6) is 0 Å². The minimum absolute atomic E-state index is 0.0251. The Bertz CT molecular complexity index is 1480.